The molecule has 0 aromatic carbocycles. The van der Waals surface area contributed by atoms with Gasteiger partial charge in [-0.05, 0) is 31.6 Å². The number of esters is 1. The molecule has 21 heavy (non-hydrogen) atoms. The normalized spacial score (nSPS) is 14.3. The second-order valence-corrected chi connectivity index (χ2v) is 8.42. The summed E-state index contributed by atoms with van der Waals surface area (Å²) in [6.45, 7) is 9.48. The van der Waals surface area contributed by atoms with Gasteiger partial charge in [-0.15, -0.1) is 0 Å². The molecular formula is C18H38O2Si. The highest BCUT2D eigenvalue weighted by molar-refractivity contribution is 6.27. The number of hydrogen-bond acceptors (Lipinski definition) is 2. The van der Waals surface area contributed by atoms with Crippen molar-refractivity contribution in [1.29, 1.82) is 0 Å². The van der Waals surface area contributed by atoms with Crippen LogP contribution in [0.1, 0.15) is 91.9 Å². The van der Waals surface area contributed by atoms with E-state index in [0.717, 1.165) is 29.5 Å². The third-order valence-corrected chi connectivity index (χ3v) is 6.37. The van der Waals surface area contributed by atoms with Crippen LogP contribution in [-0.2, 0) is 9.53 Å². The van der Waals surface area contributed by atoms with Crippen LogP contribution in [0.4, 0.5) is 0 Å². The summed E-state index contributed by atoms with van der Waals surface area (Å²) in [4.78, 5) is 12.7. The smallest absolute Gasteiger partial charge is 0.308 e. The largest absolute Gasteiger partial charge is 0.466 e. The minimum atomic E-state index is -0.147. The van der Waals surface area contributed by atoms with Crippen LogP contribution < -0.4 is 0 Å². The van der Waals surface area contributed by atoms with Gasteiger partial charge in [-0.1, -0.05) is 66.2 Å². The van der Waals surface area contributed by atoms with E-state index < -0.39 is 0 Å². The summed E-state index contributed by atoms with van der Waals surface area (Å²) in [5.74, 6) is 0.640. The number of rotatable bonds is 13. The molecule has 2 nitrogen and oxygen atoms in total. The van der Waals surface area contributed by atoms with Gasteiger partial charge in [-0.2, -0.15) is 0 Å². The molecule has 0 radical (unpaired) electrons. The summed E-state index contributed by atoms with van der Waals surface area (Å²) in [5.41, 5.74) is 0. The number of unbranched alkanes of at least 4 members (excludes halogenated alkanes) is 3. The Hall–Kier alpha value is -0.313. The quantitative estimate of drug-likeness (QED) is 0.281. The summed E-state index contributed by atoms with van der Waals surface area (Å²) in [7, 11) is 0.919. The van der Waals surface area contributed by atoms with Gasteiger partial charge in [0.15, 0.2) is 0 Å². The van der Waals surface area contributed by atoms with Gasteiger partial charge in [0.2, 0.25) is 0 Å². The van der Waals surface area contributed by atoms with E-state index in [-0.39, 0.29) is 11.0 Å². The fourth-order valence-electron chi connectivity index (χ4n) is 3.33. The summed E-state index contributed by atoms with van der Waals surface area (Å²) in [5, 5.41) is -0.147. The molecule has 0 heterocycles. The molecule has 0 fully saturated rings. The van der Waals surface area contributed by atoms with E-state index in [0.29, 0.717) is 12.5 Å². The lowest BCUT2D eigenvalue weighted by molar-refractivity contribution is -0.150. The molecule has 0 aromatic rings. The zero-order chi connectivity index (χ0) is 16.1. The zero-order valence-electron chi connectivity index (χ0n) is 15.2. The van der Waals surface area contributed by atoms with Crippen molar-refractivity contribution >= 4 is 16.2 Å². The number of ether oxygens (including phenoxy) is 1. The Morgan fingerprint density at radius 2 is 1.57 bits per heavy atom. The van der Waals surface area contributed by atoms with Gasteiger partial charge in [0, 0.05) is 10.2 Å². The minimum Gasteiger partial charge on any atom is -0.466 e. The van der Waals surface area contributed by atoms with Crippen molar-refractivity contribution in [3.63, 3.8) is 0 Å². The third-order valence-electron chi connectivity index (χ3n) is 4.64. The first-order valence-electron chi connectivity index (χ1n) is 9.23. The van der Waals surface area contributed by atoms with Gasteiger partial charge < -0.3 is 4.74 Å². The highest BCUT2D eigenvalue weighted by atomic mass is 28.1. The lowest BCUT2D eigenvalue weighted by atomic mass is 9.81. The third kappa shape index (κ3) is 7.48. The van der Waals surface area contributed by atoms with Crippen molar-refractivity contribution in [1.82, 2.24) is 0 Å². The van der Waals surface area contributed by atoms with E-state index in [2.05, 4.69) is 27.7 Å². The number of carbonyl (C=O) groups is 1. The molecule has 0 aliphatic heterocycles. The van der Waals surface area contributed by atoms with E-state index in [9.17, 15) is 4.79 Å². The summed E-state index contributed by atoms with van der Waals surface area (Å²) in [6, 6.07) is 0. The van der Waals surface area contributed by atoms with Crippen molar-refractivity contribution in [3.8, 4) is 0 Å². The Kier molecular flexibility index (Phi) is 12.1. The van der Waals surface area contributed by atoms with Crippen LogP contribution >= 0.6 is 0 Å². The van der Waals surface area contributed by atoms with Crippen molar-refractivity contribution in [2.45, 2.75) is 96.9 Å². The van der Waals surface area contributed by atoms with Gasteiger partial charge in [-0.3, -0.25) is 4.79 Å². The highest BCUT2D eigenvalue weighted by Gasteiger charge is 2.40. The average molecular weight is 315 g/mol. The van der Waals surface area contributed by atoms with Gasteiger partial charge in [0.25, 0.3) is 0 Å². The zero-order valence-corrected chi connectivity index (χ0v) is 17.2. The maximum atomic E-state index is 12.7. The second kappa shape index (κ2) is 12.3. The lowest BCUT2D eigenvalue weighted by Gasteiger charge is -2.35. The van der Waals surface area contributed by atoms with Crippen molar-refractivity contribution < 1.29 is 9.53 Å². The van der Waals surface area contributed by atoms with E-state index in [1.807, 2.05) is 0 Å². The van der Waals surface area contributed by atoms with Crippen LogP contribution in [0.2, 0.25) is 5.04 Å². The first-order chi connectivity index (χ1) is 10.1. The van der Waals surface area contributed by atoms with Crippen molar-refractivity contribution in [2.24, 2.45) is 5.92 Å². The number of carbonyl (C=O) groups excluding carboxylic acids is 1. The molecule has 0 amide bonds. The van der Waals surface area contributed by atoms with Crippen molar-refractivity contribution in [2.75, 3.05) is 6.61 Å². The Bertz CT molecular complexity index is 262. The fraction of sp³-hybridized carbons (Fsp3) is 0.944. The van der Waals surface area contributed by atoms with Crippen LogP contribution in [0.25, 0.3) is 0 Å². The molecule has 0 N–H and O–H groups in total. The van der Waals surface area contributed by atoms with Crippen LogP contribution in [-0.4, -0.2) is 22.8 Å². The van der Waals surface area contributed by atoms with Crippen molar-refractivity contribution in [3.05, 3.63) is 0 Å². The van der Waals surface area contributed by atoms with E-state index in [1.165, 1.54) is 44.9 Å². The van der Waals surface area contributed by atoms with Crippen LogP contribution in [0, 0.1) is 5.92 Å². The predicted molar refractivity (Wildman–Crippen MR) is 95.9 cm³/mol. The Morgan fingerprint density at radius 3 is 2.05 bits per heavy atom. The van der Waals surface area contributed by atoms with Crippen LogP contribution in [0.3, 0.4) is 0 Å². The first-order valence-corrected chi connectivity index (χ1v) is 10.2. The van der Waals surface area contributed by atoms with E-state index in [1.54, 1.807) is 0 Å². The standard InChI is InChI=1S/C18H38O2Si/c1-5-9-10-11-15-20-17(19)18(21,14-8-4)16(12-6-2)13-7-3/h16H,5-15H2,1-4,21H3. The predicted octanol–water partition coefficient (Wildman–Crippen LogP) is 4.65. The van der Waals surface area contributed by atoms with Gasteiger partial charge in [-0.25, -0.2) is 0 Å². The van der Waals surface area contributed by atoms with Gasteiger partial charge in [0.1, 0.15) is 0 Å². The summed E-state index contributed by atoms with van der Waals surface area (Å²) >= 11 is 0. The summed E-state index contributed by atoms with van der Waals surface area (Å²) in [6.07, 6.45) is 11.4. The lowest BCUT2D eigenvalue weighted by Crippen LogP contribution is -2.34. The summed E-state index contributed by atoms with van der Waals surface area (Å²) < 4.78 is 5.68. The molecule has 0 spiro atoms. The molecular weight excluding hydrogens is 276 g/mol. The highest BCUT2D eigenvalue weighted by Crippen LogP contribution is 2.43. The van der Waals surface area contributed by atoms with Crippen LogP contribution in [0.5, 0.6) is 0 Å². The molecule has 1 atom stereocenters. The Balaban J connectivity index is 4.61. The van der Waals surface area contributed by atoms with Gasteiger partial charge in [0.05, 0.1) is 11.6 Å². The maximum Gasteiger partial charge on any atom is 0.308 e. The molecule has 126 valence electrons. The minimum absolute atomic E-state index is 0.111. The molecule has 0 aromatic heterocycles. The van der Waals surface area contributed by atoms with E-state index in [4.69, 9.17) is 4.74 Å². The van der Waals surface area contributed by atoms with Crippen LogP contribution in [0.15, 0.2) is 0 Å². The van der Waals surface area contributed by atoms with E-state index >= 15 is 0 Å². The first kappa shape index (κ1) is 20.7. The average Bonchev–Trinajstić information content (AvgIpc) is 2.46. The monoisotopic (exact) mass is 314 g/mol. The molecule has 0 aliphatic rings. The molecule has 0 aliphatic carbocycles. The molecule has 0 rings (SSSR count). The molecule has 3 heteroatoms. The Labute approximate surface area is 135 Å². The Morgan fingerprint density at radius 1 is 0.952 bits per heavy atom. The topological polar surface area (TPSA) is 26.3 Å². The molecule has 1 unspecified atom stereocenters. The molecule has 0 saturated heterocycles. The fourth-order valence-corrected chi connectivity index (χ4v) is 4.55. The maximum absolute atomic E-state index is 12.7. The second-order valence-electron chi connectivity index (χ2n) is 6.64. The molecule has 0 bridgehead atoms. The van der Waals surface area contributed by atoms with Gasteiger partial charge >= 0.3 is 5.97 Å². The molecule has 0 saturated carbocycles. The SMILES string of the molecule is CCCCCCOC(=O)C([SiH3])(CCC)C(CCC)CCC. The number of hydrogen-bond donors (Lipinski definition) is 0.